The molecule has 7 heteroatoms. The fraction of sp³-hybridized carbons (Fsp3) is 0.133. The van der Waals surface area contributed by atoms with Crippen LogP contribution in [0.3, 0.4) is 0 Å². The molecule has 0 aliphatic carbocycles. The van der Waals surface area contributed by atoms with Crippen LogP contribution in [0.4, 0.5) is 4.39 Å². The molecule has 0 radical (unpaired) electrons. The number of halogens is 2. The molecule has 1 spiro atoms. The summed E-state index contributed by atoms with van der Waals surface area (Å²) in [6.45, 7) is 0.0407. The molecular formula is C15H10BrFN2O3. The van der Waals surface area contributed by atoms with Crippen molar-refractivity contribution in [1.29, 1.82) is 0 Å². The Morgan fingerprint density at radius 2 is 2.05 bits per heavy atom. The first-order chi connectivity index (χ1) is 10.5. The Bertz CT molecular complexity index is 840. The van der Waals surface area contributed by atoms with E-state index in [2.05, 4.69) is 20.9 Å². The van der Waals surface area contributed by atoms with Gasteiger partial charge in [0.2, 0.25) is 0 Å². The van der Waals surface area contributed by atoms with E-state index in [0.717, 1.165) is 0 Å². The molecule has 2 aromatic carbocycles. The maximum atomic E-state index is 14.7. The van der Waals surface area contributed by atoms with Gasteiger partial charge in [0.1, 0.15) is 29.7 Å². The van der Waals surface area contributed by atoms with Gasteiger partial charge in [-0.15, -0.1) is 0 Å². The number of fused-ring (bicyclic) bond motifs is 4. The number of phenols is 1. The van der Waals surface area contributed by atoms with Crippen LogP contribution in [0.15, 0.2) is 39.8 Å². The molecule has 3 N–H and O–H groups in total. The summed E-state index contributed by atoms with van der Waals surface area (Å²) in [4.78, 5) is 4.33. The van der Waals surface area contributed by atoms with Crippen molar-refractivity contribution in [2.45, 2.75) is 5.54 Å². The van der Waals surface area contributed by atoms with Gasteiger partial charge < -0.3 is 20.3 Å². The second-order valence-electron chi connectivity index (χ2n) is 5.12. The van der Waals surface area contributed by atoms with Crippen LogP contribution >= 0.6 is 15.9 Å². The number of nitrogens with zero attached hydrogens (tertiary/aromatic N) is 1. The summed E-state index contributed by atoms with van der Waals surface area (Å²) in [5.74, 6) is 0.366. The van der Waals surface area contributed by atoms with Gasteiger partial charge in [-0.05, 0) is 46.3 Å². The maximum absolute atomic E-state index is 14.7. The van der Waals surface area contributed by atoms with Crippen molar-refractivity contribution in [3.8, 4) is 17.2 Å². The van der Waals surface area contributed by atoms with Crippen molar-refractivity contribution in [1.82, 2.24) is 0 Å². The molecule has 0 fully saturated rings. The molecule has 0 amide bonds. The molecule has 0 unspecified atom stereocenters. The minimum absolute atomic E-state index is 0.0264. The summed E-state index contributed by atoms with van der Waals surface area (Å²) in [6, 6.07) is 7.79. The molecule has 112 valence electrons. The predicted molar refractivity (Wildman–Crippen MR) is 80.6 cm³/mol. The summed E-state index contributed by atoms with van der Waals surface area (Å²) in [7, 11) is 0. The zero-order valence-electron chi connectivity index (χ0n) is 11.1. The maximum Gasteiger partial charge on any atom is 0.283 e. The number of aromatic hydroxyl groups is 1. The van der Waals surface area contributed by atoms with Crippen LogP contribution in [-0.4, -0.2) is 17.7 Å². The molecule has 0 bridgehead atoms. The van der Waals surface area contributed by atoms with Crippen LogP contribution in [0.25, 0.3) is 0 Å². The third-order valence-corrected chi connectivity index (χ3v) is 4.44. The van der Waals surface area contributed by atoms with E-state index >= 15 is 0 Å². The van der Waals surface area contributed by atoms with Gasteiger partial charge in [-0.1, -0.05) is 0 Å². The third kappa shape index (κ3) is 1.65. The van der Waals surface area contributed by atoms with Gasteiger partial charge in [0.05, 0.1) is 10.0 Å². The number of hydrogen-bond acceptors (Lipinski definition) is 5. The van der Waals surface area contributed by atoms with E-state index in [1.165, 1.54) is 12.1 Å². The zero-order chi connectivity index (χ0) is 15.5. The van der Waals surface area contributed by atoms with Crippen molar-refractivity contribution in [3.05, 3.63) is 51.7 Å². The van der Waals surface area contributed by atoms with Crippen LogP contribution in [0.1, 0.15) is 11.1 Å². The average molecular weight is 365 g/mol. The molecule has 2 aliphatic rings. The standard InChI is InChI=1S/C15H10BrFN2O3/c16-9-2-4-11-12(13(9)17)15(6-21-14(18)19-15)8-5-7(20)1-3-10(8)22-11/h1-5,20H,6H2,(H2,18,19)/t15-/m1/s1. The Labute approximate surface area is 133 Å². The number of hydrogen-bond donors (Lipinski definition) is 2. The summed E-state index contributed by atoms with van der Waals surface area (Å²) in [5.41, 5.74) is 5.25. The van der Waals surface area contributed by atoms with E-state index in [4.69, 9.17) is 15.2 Å². The second kappa shape index (κ2) is 4.36. The van der Waals surface area contributed by atoms with Gasteiger partial charge in [0.15, 0.2) is 5.54 Å². The first kappa shape index (κ1) is 13.4. The Balaban J connectivity index is 2.09. The molecule has 0 saturated carbocycles. The van der Waals surface area contributed by atoms with Crippen LogP contribution in [0, 0.1) is 5.82 Å². The summed E-state index contributed by atoms with van der Waals surface area (Å²) < 4.78 is 26.1. The minimum Gasteiger partial charge on any atom is -0.508 e. The van der Waals surface area contributed by atoms with E-state index in [1.807, 2.05) is 0 Å². The number of benzene rings is 2. The predicted octanol–water partition coefficient (Wildman–Crippen LogP) is 2.99. The molecule has 4 rings (SSSR count). The zero-order valence-corrected chi connectivity index (χ0v) is 12.7. The molecular weight excluding hydrogens is 355 g/mol. The minimum atomic E-state index is -1.17. The number of nitrogens with two attached hydrogens (primary N) is 1. The number of ether oxygens (including phenoxy) is 2. The van der Waals surface area contributed by atoms with Crippen LogP contribution in [-0.2, 0) is 10.3 Å². The molecule has 0 aromatic heterocycles. The smallest absolute Gasteiger partial charge is 0.283 e. The number of aliphatic imine (C=N–C) groups is 1. The summed E-state index contributed by atoms with van der Waals surface area (Å²) >= 11 is 3.17. The van der Waals surface area contributed by atoms with Gasteiger partial charge in [0, 0.05) is 5.56 Å². The lowest BCUT2D eigenvalue weighted by Crippen LogP contribution is -2.32. The summed E-state index contributed by atoms with van der Waals surface area (Å²) in [6.07, 6.45) is 0. The molecule has 5 nitrogen and oxygen atoms in total. The highest BCUT2D eigenvalue weighted by Crippen LogP contribution is 2.53. The van der Waals surface area contributed by atoms with Crippen molar-refractivity contribution in [3.63, 3.8) is 0 Å². The largest absolute Gasteiger partial charge is 0.508 e. The first-order valence-corrected chi connectivity index (χ1v) is 7.28. The second-order valence-corrected chi connectivity index (χ2v) is 5.97. The van der Waals surface area contributed by atoms with Gasteiger partial charge in [0.25, 0.3) is 6.02 Å². The van der Waals surface area contributed by atoms with Crippen LogP contribution in [0.2, 0.25) is 0 Å². The average Bonchev–Trinajstić information content (AvgIpc) is 2.87. The van der Waals surface area contributed by atoms with E-state index in [9.17, 15) is 9.50 Å². The first-order valence-electron chi connectivity index (χ1n) is 6.49. The molecule has 1 atom stereocenters. The van der Waals surface area contributed by atoms with Crippen molar-refractivity contribution in [2.24, 2.45) is 10.7 Å². The molecule has 22 heavy (non-hydrogen) atoms. The molecule has 2 heterocycles. The normalized spacial score (nSPS) is 21.6. The molecule has 2 aliphatic heterocycles. The SMILES string of the molecule is NC1=N[C@]2(CO1)c1cc(O)ccc1Oc1ccc(Br)c(F)c12. The van der Waals surface area contributed by atoms with Crippen LogP contribution in [0.5, 0.6) is 17.2 Å². The lowest BCUT2D eigenvalue weighted by atomic mass is 9.81. The quantitative estimate of drug-likeness (QED) is 0.753. The highest BCUT2D eigenvalue weighted by atomic mass is 79.9. The van der Waals surface area contributed by atoms with Gasteiger partial charge >= 0.3 is 0 Å². The Morgan fingerprint density at radius 1 is 1.27 bits per heavy atom. The third-order valence-electron chi connectivity index (χ3n) is 3.83. The Morgan fingerprint density at radius 3 is 2.77 bits per heavy atom. The highest BCUT2D eigenvalue weighted by molar-refractivity contribution is 9.10. The lowest BCUT2D eigenvalue weighted by Gasteiger charge is -2.33. The highest BCUT2D eigenvalue weighted by Gasteiger charge is 2.49. The Hall–Kier alpha value is -2.28. The van der Waals surface area contributed by atoms with E-state index in [0.29, 0.717) is 21.5 Å². The lowest BCUT2D eigenvalue weighted by molar-refractivity contribution is 0.259. The number of rotatable bonds is 0. The van der Waals surface area contributed by atoms with E-state index in [1.54, 1.807) is 18.2 Å². The topological polar surface area (TPSA) is 77.1 Å². The van der Waals surface area contributed by atoms with Crippen molar-refractivity contribution in [2.75, 3.05) is 6.61 Å². The Kier molecular flexibility index (Phi) is 2.65. The number of phenolic OH excluding ortho intramolecular Hbond substituents is 1. The monoisotopic (exact) mass is 364 g/mol. The van der Waals surface area contributed by atoms with Gasteiger partial charge in [-0.3, -0.25) is 0 Å². The fourth-order valence-electron chi connectivity index (χ4n) is 2.88. The van der Waals surface area contributed by atoms with E-state index < -0.39 is 11.4 Å². The molecule has 0 saturated heterocycles. The number of amidine groups is 1. The van der Waals surface area contributed by atoms with Crippen LogP contribution < -0.4 is 10.5 Å². The molecule has 2 aromatic rings. The summed E-state index contributed by atoms with van der Waals surface area (Å²) in [5, 5.41) is 9.79. The van der Waals surface area contributed by atoms with Gasteiger partial charge in [-0.25, -0.2) is 9.38 Å². The van der Waals surface area contributed by atoms with E-state index in [-0.39, 0.29) is 23.9 Å². The van der Waals surface area contributed by atoms with Crippen molar-refractivity contribution >= 4 is 22.0 Å². The van der Waals surface area contributed by atoms with Gasteiger partial charge in [-0.2, -0.15) is 0 Å². The van der Waals surface area contributed by atoms with Crippen molar-refractivity contribution < 1.29 is 19.0 Å². The fourth-order valence-corrected chi connectivity index (χ4v) is 3.21.